The van der Waals surface area contributed by atoms with Gasteiger partial charge in [-0.1, -0.05) is 11.6 Å². The first-order valence-electron chi connectivity index (χ1n) is 6.62. The van der Waals surface area contributed by atoms with E-state index in [1.807, 2.05) is 0 Å². The minimum Gasteiger partial charge on any atom is -0.384 e. The number of nitrogens with one attached hydrogen (secondary N) is 1. The van der Waals surface area contributed by atoms with Gasteiger partial charge in [0, 0.05) is 18.6 Å². The van der Waals surface area contributed by atoms with Gasteiger partial charge < -0.3 is 11.1 Å². The SMILES string of the molecule is Nc1ccc(Cl)c(C(=O)NC2CCN3CCCC23)n1. The number of carbonyl (C=O) groups excluding carboxylic acids is 1. The van der Waals surface area contributed by atoms with Crippen molar-refractivity contribution in [3.05, 3.63) is 22.8 Å². The Kier molecular flexibility index (Phi) is 3.33. The smallest absolute Gasteiger partial charge is 0.271 e. The highest BCUT2D eigenvalue weighted by atomic mass is 35.5. The quantitative estimate of drug-likeness (QED) is 0.856. The van der Waals surface area contributed by atoms with Crippen LogP contribution in [0.3, 0.4) is 0 Å². The van der Waals surface area contributed by atoms with Crippen LogP contribution in [0.5, 0.6) is 0 Å². The summed E-state index contributed by atoms with van der Waals surface area (Å²) in [5.74, 6) is 0.0829. The molecule has 2 unspecified atom stereocenters. The third-order valence-electron chi connectivity index (χ3n) is 4.01. The van der Waals surface area contributed by atoms with E-state index in [0.29, 0.717) is 16.9 Å². The molecule has 6 heteroatoms. The molecule has 5 nitrogen and oxygen atoms in total. The molecule has 3 rings (SSSR count). The predicted octanol–water partition coefficient (Wildman–Crippen LogP) is 1.28. The zero-order chi connectivity index (χ0) is 13.4. The number of nitrogens with zero attached hydrogens (tertiary/aromatic N) is 2. The highest BCUT2D eigenvalue weighted by molar-refractivity contribution is 6.33. The molecule has 0 radical (unpaired) electrons. The monoisotopic (exact) mass is 280 g/mol. The molecule has 2 aliphatic heterocycles. The van der Waals surface area contributed by atoms with Crippen molar-refractivity contribution in [2.24, 2.45) is 0 Å². The molecule has 1 aromatic rings. The highest BCUT2D eigenvalue weighted by Crippen LogP contribution is 2.28. The van der Waals surface area contributed by atoms with Gasteiger partial charge in [-0.2, -0.15) is 0 Å². The van der Waals surface area contributed by atoms with E-state index in [1.54, 1.807) is 12.1 Å². The molecule has 0 bridgehead atoms. The highest BCUT2D eigenvalue weighted by Gasteiger charge is 2.38. The third kappa shape index (κ3) is 2.40. The van der Waals surface area contributed by atoms with Crippen LogP contribution in [0.1, 0.15) is 29.8 Å². The number of carbonyl (C=O) groups is 1. The van der Waals surface area contributed by atoms with Crippen molar-refractivity contribution < 1.29 is 4.79 Å². The average molecular weight is 281 g/mol. The second kappa shape index (κ2) is 4.98. The van der Waals surface area contributed by atoms with Crippen LogP contribution in [0, 0.1) is 0 Å². The molecule has 3 N–H and O–H groups in total. The van der Waals surface area contributed by atoms with Crippen LogP contribution in [0.25, 0.3) is 0 Å². The van der Waals surface area contributed by atoms with E-state index in [9.17, 15) is 4.79 Å². The Morgan fingerprint density at radius 1 is 1.42 bits per heavy atom. The number of pyridine rings is 1. The maximum atomic E-state index is 12.2. The fourth-order valence-electron chi connectivity index (χ4n) is 3.10. The predicted molar refractivity (Wildman–Crippen MR) is 74.1 cm³/mol. The molecule has 2 atom stereocenters. The normalized spacial score (nSPS) is 26.4. The molecule has 0 saturated carbocycles. The van der Waals surface area contributed by atoms with Gasteiger partial charge in [-0.05, 0) is 37.9 Å². The van der Waals surface area contributed by atoms with Crippen LogP contribution in [-0.2, 0) is 0 Å². The summed E-state index contributed by atoms with van der Waals surface area (Å²) in [7, 11) is 0. The lowest BCUT2D eigenvalue weighted by atomic mass is 10.1. The number of nitrogens with two attached hydrogens (primary N) is 1. The second-order valence-electron chi connectivity index (χ2n) is 5.18. The Morgan fingerprint density at radius 3 is 3.11 bits per heavy atom. The summed E-state index contributed by atoms with van der Waals surface area (Å²) in [6, 6.07) is 3.88. The standard InChI is InChI=1S/C13H17ClN4O/c14-8-3-4-11(15)17-12(8)13(19)16-9-5-7-18-6-1-2-10(9)18/h3-4,9-10H,1-2,5-7H2,(H2,15,17)(H,16,19). The fourth-order valence-corrected chi connectivity index (χ4v) is 3.30. The van der Waals surface area contributed by atoms with Crippen molar-refractivity contribution in [1.29, 1.82) is 0 Å². The van der Waals surface area contributed by atoms with Crippen LogP contribution in [0.15, 0.2) is 12.1 Å². The van der Waals surface area contributed by atoms with Gasteiger partial charge in [0.1, 0.15) is 11.5 Å². The molecular weight excluding hydrogens is 264 g/mol. The topological polar surface area (TPSA) is 71.2 Å². The lowest BCUT2D eigenvalue weighted by molar-refractivity contribution is 0.0925. The molecule has 0 aliphatic carbocycles. The second-order valence-corrected chi connectivity index (χ2v) is 5.59. The zero-order valence-electron chi connectivity index (χ0n) is 10.6. The van der Waals surface area contributed by atoms with Gasteiger partial charge in [0.05, 0.1) is 5.02 Å². The van der Waals surface area contributed by atoms with Gasteiger partial charge >= 0.3 is 0 Å². The van der Waals surface area contributed by atoms with Crippen molar-refractivity contribution >= 4 is 23.3 Å². The summed E-state index contributed by atoms with van der Waals surface area (Å²) < 4.78 is 0. The van der Waals surface area contributed by atoms with Gasteiger partial charge in [0.25, 0.3) is 5.91 Å². The van der Waals surface area contributed by atoms with Crippen molar-refractivity contribution in [2.75, 3.05) is 18.8 Å². The van der Waals surface area contributed by atoms with E-state index in [2.05, 4.69) is 15.2 Å². The van der Waals surface area contributed by atoms with Crippen molar-refractivity contribution in [3.8, 4) is 0 Å². The Bertz CT molecular complexity index is 507. The number of hydrogen-bond donors (Lipinski definition) is 2. The Hall–Kier alpha value is -1.33. The van der Waals surface area contributed by atoms with E-state index in [-0.39, 0.29) is 17.6 Å². The van der Waals surface area contributed by atoms with Gasteiger partial charge in [-0.3, -0.25) is 9.69 Å². The van der Waals surface area contributed by atoms with Crippen molar-refractivity contribution in [3.63, 3.8) is 0 Å². The lowest BCUT2D eigenvalue weighted by Gasteiger charge is -2.21. The Morgan fingerprint density at radius 2 is 2.26 bits per heavy atom. The van der Waals surface area contributed by atoms with Gasteiger partial charge in [-0.15, -0.1) is 0 Å². The first-order chi connectivity index (χ1) is 9.15. The number of halogens is 1. The minimum atomic E-state index is -0.226. The van der Waals surface area contributed by atoms with Crippen LogP contribution in [0.4, 0.5) is 5.82 Å². The summed E-state index contributed by atoms with van der Waals surface area (Å²) in [5, 5.41) is 3.39. The van der Waals surface area contributed by atoms with E-state index < -0.39 is 0 Å². The first kappa shape index (κ1) is 12.7. The number of nitrogen functional groups attached to an aromatic ring is 1. The van der Waals surface area contributed by atoms with Gasteiger partial charge in [0.15, 0.2) is 0 Å². The number of aromatic nitrogens is 1. The van der Waals surface area contributed by atoms with Gasteiger partial charge in [-0.25, -0.2) is 4.98 Å². The lowest BCUT2D eigenvalue weighted by Crippen LogP contribution is -2.42. The van der Waals surface area contributed by atoms with Gasteiger partial charge in [0.2, 0.25) is 0 Å². The summed E-state index contributed by atoms with van der Waals surface area (Å²) in [5.41, 5.74) is 5.82. The molecule has 2 fully saturated rings. The van der Waals surface area contributed by atoms with E-state index in [1.165, 1.54) is 6.42 Å². The molecule has 3 heterocycles. The number of anilines is 1. The minimum absolute atomic E-state index is 0.203. The number of hydrogen-bond acceptors (Lipinski definition) is 4. The van der Waals surface area contributed by atoms with Crippen molar-refractivity contribution in [2.45, 2.75) is 31.3 Å². The molecular formula is C13H17ClN4O. The van der Waals surface area contributed by atoms with Crippen molar-refractivity contribution in [1.82, 2.24) is 15.2 Å². The van der Waals surface area contributed by atoms with E-state index >= 15 is 0 Å². The van der Waals surface area contributed by atoms with E-state index in [0.717, 1.165) is 25.9 Å². The number of amides is 1. The molecule has 1 amide bonds. The maximum Gasteiger partial charge on any atom is 0.271 e. The number of fused-ring (bicyclic) bond motifs is 1. The summed E-state index contributed by atoms with van der Waals surface area (Å²) >= 11 is 6.00. The summed E-state index contributed by atoms with van der Waals surface area (Å²) in [6.07, 6.45) is 3.37. The molecule has 0 spiro atoms. The molecule has 102 valence electrons. The molecule has 0 aromatic carbocycles. The Balaban J connectivity index is 1.73. The fraction of sp³-hybridized carbons (Fsp3) is 0.538. The Labute approximate surface area is 117 Å². The van der Waals surface area contributed by atoms with E-state index in [4.69, 9.17) is 17.3 Å². The molecule has 1 aromatic heterocycles. The molecule has 19 heavy (non-hydrogen) atoms. The summed E-state index contributed by atoms with van der Waals surface area (Å²) in [6.45, 7) is 2.21. The third-order valence-corrected chi connectivity index (χ3v) is 4.31. The van der Waals surface area contributed by atoms with Crippen LogP contribution in [-0.4, -0.2) is 41.0 Å². The zero-order valence-corrected chi connectivity index (χ0v) is 11.4. The maximum absolute atomic E-state index is 12.2. The molecule has 2 aliphatic rings. The molecule has 2 saturated heterocycles. The average Bonchev–Trinajstić information content (AvgIpc) is 2.97. The van der Waals surface area contributed by atoms with Crippen LogP contribution < -0.4 is 11.1 Å². The number of rotatable bonds is 2. The first-order valence-corrected chi connectivity index (χ1v) is 7.00. The van der Waals surface area contributed by atoms with Crippen LogP contribution >= 0.6 is 11.6 Å². The largest absolute Gasteiger partial charge is 0.384 e. The summed E-state index contributed by atoms with van der Waals surface area (Å²) in [4.78, 5) is 18.7. The van der Waals surface area contributed by atoms with Crippen LogP contribution in [0.2, 0.25) is 5.02 Å².